The standard InChI is InChI=1S/C43H57N9O3S/c1-26-10-12-33-32(17-26)46-39(56-33)48-36-27(2)29-9-8-14-52(37(29)50-49-36)34-13-11-30(35(47-34)38(53)54)31(18-44)28(3)45-25-42-20-40(4)19-41(5,21-42)23-43(22-40,24-42)55-16-15-51(6)7/h10-13,17-18,38,53-54H,8-9,14-16,19-25,44H2,1-7H3,(H,46,48,49). The number of benzene rings is 1. The van der Waals surface area contributed by atoms with Crippen molar-refractivity contribution in [3.63, 3.8) is 0 Å². The third kappa shape index (κ3) is 7.32. The van der Waals surface area contributed by atoms with E-state index in [1.165, 1.54) is 18.2 Å². The maximum atomic E-state index is 10.7. The van der Waals surface area contributed by atoms with Gasteiger partial charge in [-0.05, 0) is 132 Å². The average Bonchev–Trinajstić information content (AvgIpc) is 3.52. The van der Waals surface area contributed by atoms with E-state index in [-0.39, 0.29) is 27.5 Å². The number of anilines is 4. The third-order valence-electron chi connectivity index (χ3n) is 12.7. The van der Waals surface area contributed by atoms with Gasteiger partial charge >= 0.3 is 0 Å². The number of likely N-dealkylation sites (N-methyl/N-ethyl adjacent to an activating group) is 1. The number of aliphatic imine (C=N–C) groups is 1. The number of nitrogens with zero attached hydrogens (tertiary/aromatic N) is 7. The van der Waals surface area contributed by atoms with Gasteiger partial charge in [0.25, 0.3) is 0 Å². The average molecular weight is 780 g/mol. The van der Waals surface area contributed by atoms with Gasteiger partial charge in [0.2, 0.25) is 0 Å². The molecule has 0 saturated heterocycles. The zero-order chi connectivity index (χ0) is 39.6. The van der Waals surface area contributed by atoms with Gasteiger partial charge in [-0.25, -0.2) is 9.97 Å². The highest BCUT2D eigenvalue weighted by Gasteiger charge is 2.66. The van der Waals surface area contributed by atoms with Crippen LogP contribution in [0.4, 0.5) is 22.6 Å². The number of aliphatic hydroxyl groups is 2. The number of pyridine rings is 1. The number of thiazole rings is 1. The Morgan fingerprint density at radius 3 is 2.54 bits per heavy atom. The first kappa shape index (κ1) is 38.8. The molecule has 0 amide bonds. The van der Waals surface area contributed by atoms with Gasteiger partial charge in [-0.2, -0.15) is 0 Å². The van der Waals surface area contributed by atoms with Gasteiger partial charge in [-0.15, -0.1) is 10.2 Å². The van der Waals surface area contributed by atoms with Crippen LogP contribution in [-0.2, 0) is 11.2 Å². The van der Waals surface area contributed by atoms with E-state index in [1.54, 1.807) is 11.3 Å². The van der Waals surface area contributed by atoms with Crippen LogP contribution in [0.3, 0.4) is 0 Å². The summed E-state index contributed by atoms with van der Waals surface area (Å²) in [5.74, 6) is 1.95. The third-order valence-corrected chi connectivity index (χ3v) is 13.6. The molecule has 0 spiro atoms. The Bertz CT molecular complexity index is 2200. The van der Waals surface area contributed by atoms with Crippen LogP contribution in [0, 0.1) is 30.1 Å². The summed E-state index contributed by atoms with van der Waals surface area (Å²) in [6, 6.07) is 10.0. The van der Waals surface area contributed by atoms with E-state index in [4.69, 9.17) is 25.4 Å². The Balaban J connectivity index is 1.04. The minimum atomic E-state index is -1.82. The monoisotopic (exact) mass is 779 g/mol. The first-order valence-corrected chi connectivity index (χ1v) is 20.8. The number of hydrogen-bond donors (Lipinski definition) is 4. The van der Waals surface area contributed by atoms with Gasteiger partial charge in [0.15, 0.2) is 23.1 Å². The van der Waals surface area contributed by atoms with Crippen molar-refractivity contribution in [1.29, 1.82) is 0 Å². The molecule has 4 heterocycles. The summed E-state index contributed by atoms with van der Waals surface area (Å²) in [6.45, 7) is 14.0. The smallest absolute Gasteiger partial charge is 0.196 e. The van der Waals surface area contributed by atoms with E-state index in [1.807, 2.05) is 24.0 Å². The summed E-state index contributed by atoms with van der Waals surface area (Å²) < 4.78 is 7.94. The predicted octanol–water partition coefficient (Wildman–Crippen LogP) is 7.37. The summed E-state index contributed by atoms with van der Waals surface area (Å²) in [7, 11) is 4.19. The predicted molar refractivity (Wildman–Crippen MR) is 225 cm³/mol. The molecule has 13 heteroatoms. The van der Waals surface area contributed by atoms with Crippen molar-refractivity contribution in [3.8, 4) is 0 Å². The molecular formula is C43H57N9O3S. The van der Waals surface area contributed by atoms with E-state index in [9.17, 15) is 10.2 Å². The molecule has 3 aromatic heterocycles. The normalized spacial score (nSPS) is 27.5. The molecule has 2 unspecified atom stereocenters. The number of allylic oxidation sites excluding steroid dienone is 1. The maximum absolute atomic E-state index is 10.7. The number of hydrogen-bond acceptors (Lipinski definition) is 13. The minimum Gasteiger partial charge on any atom is -0.404 e. The number of aliphatic hydroxyl groups excluding tert-OH is 1. The second-order valence-corrected chi connectivity index (χ2v) is 19.4. The first-order valence-electron chi connectivity index (χ1n) is 20.0. The lowest BCUT2D eigenvalue weighted by molar-refractivity contribution is -0.242. The van der Waals surface area contributed by atoms with Crippen LogP contribution < -0.4 is 16.0 Å². The molecule has 298 valence electrons. The first-order chi connectivity index (χ1) is 26.6. The summed E-state index contributed by atoms with van der Waals surface area (Å²) in [4.78, 5) is 19.1. The molecule has 1 aliphatic heterocycles. The van der Waals surface area contributed by atoms with E-state index >= 15 is 0 Å². The number of rotatable bonds is 12. The summed E-state index contributed by atoms with van der Waals surface area (Å²) in [5, 5.41) is 34.9. The van der Waals surface area contributed by atoms with Crippen molar-refractivity contribution in [3.05, 3.63) is 64.5 Å². The fourth-order valence-electron chi connectivity index (χ4n) is 11.5. The van der Waals surface area contributed by atoms with Gasteiger partial charge < -0.3 is 35.8 Å². The van der Waals surface area contributed by atoms with Crippen molar-refractivity contribution in [2.24, 2.45) is 27.0 Å². The van der Waals surface area contributed by atoms with Crippen molar-refractivity contribution < 1.29 is 14.9 Å². The van der Waals surface area contributed by atoms with Crippen LogP contribution in [-0.4, -0.2) is 86.9 Å². The molecule has 9 rings (SSSR count). The number of aromatic nitrogens is 4. The molecule has 4 aliphatic carbocycles. The lowest BCUT2D eigenvalue weighted by Crippen LogP contribution is -2.64. The van der Waals surface area contributed by atoms with Crippen LogP contribution in [0.25, 0.3) is 15.8 Å². The molecule has 4 fully saturated rings. The van der Waals surface area contributed by atoms with Crippen LogP contribution in [0.2, 0.25) is 0 Å². The molecule has 4 bridgehead atoms. The molecule has 12 nitrogen and oxygen atoms in total. The quantitative estimate of drug-likeness (QED) is 0.0841. The second kappa shape index (κ2) is 14.4. The van der Waals surface area contributed by atoms with E-state index < -0.39 is 6.29 Å². The minimum absolute atomic E-state index is 0.0441. The van der Waals surface area contributed by atoms with Crippen LogP contribution >= 0.6 is 11.3 Å². The lowest BCUT2D eigenvalue weighted by atomic mass is 9.39. The number of fused-ring (bicyclic) bond motifs is 2. The fraction of sp³-hybridized carbons (Fsp3) is 0.558. The van der Waals surface area contributed by atoms with Gasteiger partial charge in [-0.3, -0.25) is 4.99 Å². The molecular weight excluding hydrogens is 723 g/mol. The number of ether oxygens (including phenoxy) is 1. The van der Waals surface area contributed by atoms with Crippen molar-refractivity contribution in [1.82, 2.24) is 25.1 Å². The van der Waals surface area contributed by atoms with Gasteiger partial charge in [0.05, 0.1) is 22.4 Å². The Kier molecular flexibility index (Phi) is 10.0. The molecule has 56 heavy (non-hydrogen) atoms. The fourth-order valence-corrected chi connectivity index (χ4v) is 12.4. The van der Waals surface area contributed by atoms with Crippen molar-refractivity contribution >= 4 is 55.4 Å². The Hall–Kier alpha value is -4.01. The van der Waals surface area contributed by atoms with Gasteiger partial charge in [0.1, 0.15) is 11.5 Å². The molecule has 4 saturated carbocycles. The van der Waals surface area contributed by atoms with E-state index in [0.29, 0.717) is 41.7 Å². The zero-order valence-electron chi connectivity index (χ0n) is 33.9. The van der Waals surface area contributed by atoms with Gasteiger partial charge in [-0.1, -0.05) is 31.3 Å². The Morgan fingerprint density at radius 2 is 1.82 bits per heavy atom. The Morgan fingerprint density at radius 1 is 1.05 bits per heavy atom. The summed E-state index contributed by atoms with van der Waals surface area (Å²) in [6.07, 6.45) is 8.18. The SMILES string of the molecule is CC(=NCC12CC3(C)CC(C)(C1)CC(OCCN(C)C)(C3)C2)C(=CN)c1ccc(N2CCCc3c2nnc(Nc2nc4cc(C)ccc4s2)c3C)nc1C(O)O. The number of aryl methyl sites for hydroxylation is 1. The lowest BCUT2D eigenvalue weighted by Gasteiger charge is -2.69. The highest BCUT2D eigenvalue weighted by molar-refractivity contribution is 7.22. The highest BCUT2D eigenvalue weighted by atomic mass is 32.1. The molecule has 5 N–H and O–H groups in total. The Labute approximate surface area is 334 Å². The topological polar surface area (TPSA) is 158 Å². The van der Waals surface area contributed by atoms with Crippen LogP contribution in [0.5, 0.6) is 0 Å². The number of nitrogens with one attached hydrogen (secondary N) is 1. The van der Waals surface area contributed by atoms with Crippen LogP contribution in [0.15, 0.2) is 41.5 Å². The zero-order valence-corrected chi connectivity index (χ0v) is 34.8. The maximum Gasteiger partial charge on any atom is 0.196 e. The molecule has 0 radical (unpaired) electrons. The molecule has 5 aliphatic rings. The van der Waals surface area contributed by atoms with E-state index in [0.717, 1.165) is 90.3 Å². The van der Waals surface area contributed by atoms with Crippen molar-refractivity contribution in [2.75, 3.05) is 50.6 Å². The largest absolute Gasteiger partial charge is 0.404 e. The van der Waals surface area contributed by atoms with Crippen LogP contribution in [0.1, 0.15) is 100.0 Å². The second-order valence-electron chi connectivity index (χ2n) is 18.3. The summed E-state index contributed by atoms with van der Waals surface area (Å²) in [5.41, 5.74) is 13.0. The highest BCUT2D eigenvalue weighted by Crippen LogP contribution is 2.71. The van der Waals surface area contributed by atoms with E-state index in [2.05, 4.69) is 80.4 Å². The molecule has 4 aromatic rings. The van der Waals surface area contributed by atoms with Crippen molar-refractivity contribution in [2.45, 2.75) is 97.9 Å². The summed E-state index contributed by atoms with van der Waals surface area (Å²) >= 11 is 1.59. The van der Waals surface area contributed by atoms with Gasteiger partial charge in [0, 0.05) is 53.8 Å². The number of nitrogens with two attached hydrogens (primary N) is 1. The molecule has 1 aromatic carbocycles. The molecule has 2 atom stereocenters.